The number of nitrogens with one attached hydrogen (secondary N) is 1. The number of quaternary nitrogens is 1. The molecule has 138 valence electrons. The van der Waals surface area contributed by atoms with E-state index < -0.39 is 17.9 Å². The van der Waals surface area contributed by atoms with Crippen molar-refractivity contribution in [2.24, 2.45) is 11.8 Å². The Morgan fingerprint density at radius 3 is 2.39 bits per heavy atom. The van der Waals surface area contributed by atoms with E-state index in [0.717, 1.165) is 27.2 Å². The van der Waals surface area contributed by atoms with Gasteiger partial charge in [0, 0.05) is 5.56 Å². The third kappa shape index (κ3) is 2.15. The largest absolute Gasteiger partial charge is 0.287 e. The average molecular weight is 370 g/mol. The van der Waals surface area contributed by atoms with Crippen LogP contribution in [0.2, 0.25) is 0 Å². The monoisotopic (exact) mass is 370 g/mol. The van der Waals surface area contributed by atoms with E-state index >= 15 is 0 Å². The van der Waals surface area contributed by atoms with Gasteiger partial charge >= 0.3 is 0 Å². The van der Waals surface area contributed by atoms with E-state index in [-0.39, 0.29) is 17.9 Å². The van der Waals surface area contributed by atoms with Crippen molar-refractivity contribution in [1.29, 1.82) is 5.26 Å². The Morgan fingerprint density at radius 1 is 1.00 bits per heavy atom. The van der Waals surface area contributed by atoms with Gasteiger partial charge in [-0.2, -0.15) is 5.26 Å². The van der Waals surface area contributed by atoms with Gasteiger partial charge in [-0.1, -0.05) is 30.3 Å². The van der Waals surface area contributed by atoms with Gasteiger partial charge in [-0.3, -0.25) is 14.5 Å². The smallest absolute Gasteiger partial charge is 0.245 e. The van der Waals surface area contributed by atoms with Gasteiger partial charge in [0.25, 0.3) is 0 Å². The van der Waals surface area contributed by atoms with Gasteiger partial charge in [-0.15, -0.1) is 0 Å². The average Bonchev–Trinajstić information content (AvgIpc) is 3.13. The summed E-state index contributed by atoms with van der Waals surface area (Å²) in [5, 5.41) is 9.86. The number of imide groups is 1. The van der Waals surface area contributed by atoms with Crippen molar-refractivity contribution in [3.8, 4) is 6.07 Å². The summed E-state index contributed by atoms with van der Waals surface area (Å²) in [5.41, 5.74) is 4.71. The first kappa shape index (κ1) is 16.9. The van der Waals surface area contributed by atoms with E-state index in [4.69, 9.17) is 0 Å². The molecule has 5 atom stereocenters. The highest BCUT2D eigenvalue weighted by Gasteiger charge is 2.66. The lowest BCUT2D eigenvalue weighted by molar-refractivity contribution is -0.885. The Kier molecular flexibility index (Phi) is 3.55. The maximum atomic E-state index is 13.5. The van der Waals surface area contributed by atoms with Gasteiger partial charge in [0.1, 0.15) is 23.9 Å². The Morgan fingerprint density at radius 2 is 1.68 bits per heavy atom. The summed E-state index contributed by atoms with van der Waals surface area (Å²) in [6.07, 6.45) is 3.93. The number of rotatable bonds is 1. The molecule has 0 aliphatic carbocycles. The molecule has 3 aliphatic heterocycles. The van der Waals surface area contributed by atoms with Crippen molar-refractivity contribution in [3.05, 3.63) is 70.9 Å². The highest BCUT2D eigenvalue weighted by atomic mass is 16.2. The van der Waals surface area contributed by atoms with E-state index in [0.29, 0.717) is 5.69 Å². The summed E-state index contributed by atoms with van der Waals surface area (Å²) in [6, 6.07) is 15.2. The molecular formula is C23H20N3O2+. The SMILES string of the molecule is Cc1cc(C)cc(N2C(=O)[C@@H]3[C@H](C2=O)[C@H](C#N)[NH+]2C=Cc4ccccc4[C@H]32)c1. The van der Waals surface area contributed by atoms with Crippen LogP contribution in [0.1, 0.15) is 28.3 Å². The molecule has 2 aromatic rings. The fourth-order valence-corrected chi connectivity index (χ4v) is 5.22. The van der Waals surface area contributed by atoms with Crippen molar-refractivity contribution in [2.45, 2.75) is 25.9 Å². The van der Waals surface area contributed by atoms with Crippen LogP contribution in [0.4, 0.5) is 5.69 Å². The molecule has 0 saturated carbocycles. The minimum absolute atomic E-state index is 0.189. The van der Waals surface area contributed by atoms with Crippen LogP contribution < -0.4 is 9.80 Å². The quantitative estimate of drug-likeness (QED) is 0.780. The fourth-order valence-electron chi connectivity index (χ4n) is 5.22. The summed E-state index contributed by atoms with van der Waals surface area (Å²) >= 11 is 0. The molecule has 5 heteroatoms. The van der Waals surface area contributed by atoms with Crippen molar-refractivity contribution in [2.75, 3.05) is 4.90 Å². The highest BCUT2D eigenvalue weighted by Crippen LogP contribution is 2.44. The Bertz CT molecular complexity index is 1080. The molecule has 0 radical (unpaired) electrons. The molecule has 2 saturated heterocycles. The molecule has 3 aliphatic rings. The first-order valence-electron chi connectivity index (χ1n) is 9.50. The molecule has 0 bridgehead atoms. The topological polar surface area (TPSA) is 65.6 Å². The number of benzene rings is 2. The molecule has 5 nitrogen and oxygen atoms in total. The van der Waals surface area contributed by atoms with E-state index in [1.165, 1.54) is 4.90 Å². The van der Waals surface area contributed by atoms with Crippen molar-refractivity contribution >= 4 is 23.6 Å². The minimum Gasteiger partial charge on any atom is -0.287 e. The normalized spacial score (nSPS) is 30.0. The predicted molar refractivity (Wildman–Crippen MR) is 104 cm³/mol. The highest BCUT2D eigenvalue weighted by molar-refractivity contribution is 6.22. The van der Waals surface area contributed by atoms with Crippen LogP contribution in [0.25, 0.3) is 6.08 Å². The zero-order valence-corrected chi connectivity index (χ0v) is 15.7. The summed E-state index contributed by atoms with van der Waals surface area (Å²) in [5.74, 6) is -1.57. The van der Waals surface area contributed by atoms with Gasteiger partial charge in [0.2, 0.25) is 11.8 Å². The van der Waals surface area contributed by atoms with Gasteiger partial charge in [0.05, 0.1) is 11.9 Å². The van der Waals surface area contributed by atoms with Crippen LogP contribution >= 0.6 is 0 Å². The van der Waals surface area contributed by atoms with Gasteiger partial charge < -0.3 is 0 Å². The maximum absolute atomic E-state index is 13.5. The molecule has 1 unspecified atom stereocenters. The number of aryl methyl sites for hydroxylation is 2. The number of amides is 2. The van der Waals surface area contributed by atoms with Crippen LogP contribution in [-0.2, 0) is 9.59 Å². The van der Waals surface area contributed by atoms with E-state index in [9.17, 15) is 14.9 Å². The van der Waals surface area contributed by atoms with Crippen LogP contribution in [0.3, 0.4) is 0 Å². The second-order valence-corrected chi connectivity index (χ2v) is 7.96. The zero-order valence-electron chi connectivity index (χ0n) is 15.7. The number of nitrogens with zero attached hydrogens (tertiary/aromatic N) is 2. The molecule has 2 fully saturated rings. The summed E-state index contributed by atoms with van der Waals surface area (Å²) < 4.78 is 0. The molecule has 3 heterocycles. The molecule has 2 amide bonds. The minimum atomic E-state index is -0.617. The molecule has 0 aromatic heterocycles. The lowest BCUT2D eigenvalue weighted by Crippen LogP contribution is -3.10. The number of hydrogen-bond acceptors (Lipinski definition) is 3. The van der Waals surface area contributed by atoms with Crippen LogP contribution in [0.5, 0.6) is 0 Å². The molecule has 0 spiro atoms. The standard InChI is InChI=1S/C23H19N3O2/c1-13-9-14(2)11-16(10-13)26-22(27)19-18(12-24)25-8-7-15-5-3-4-6-17(15)21(25)20(19)23(26)28/h3-11,18-21H,1-2H3/p+1/t18-,19+,20+,21+/m0/s1. The number of carbonyl (C=O) groups is 2. The molecule has 2 aromatic carbocycles. The third-order valence-electron chi connectivity index (χ3n) is 6.22. The van der Waals surface area contributed by atoms with E-state index in [1.54, 1.807) is 0 Å². The first-order valence-corrected chi connectivity index (χ1v) is 9.50. The van der Waals surface area contributed by atoms with Crippen LogP contribution in [-0.4, -0.2) is 17.9 Å². The molecule has 5 rings (SSSR count). The van der Waals surface area contributed by atoms with Crippen molar-refractivity contribution in [3.63, 3.8) is 0 Å². The lowest BCUT2D eigenvalue weighted by atomic mass is 9.85. The maximum Gasteiger partial charge on any atom is 0.245 e. The Balaban J connectivity index is 1.65. The second-order valence-electron chi connectivity index (χ2n) is 7.96. The predicted octanol–water partition coefficient (Wildman–Crippen LogP) is 1.93. The van der Waals surface area contributed by atoms with Gasteiger partial charge in [-0.05, 0) is 48.7 Å². The summed E-state index contributed by atoms with van der Waals surface area (Å²) in [7, 11) is 0. The molecule has 28 heavy (non-hydrogen) atoms. The molecule has 1 N–H and O–H groups in total. The van der Waals surface area contributed by atoms with E-state index in [2.05, 4.69) is 6.07 Å². The fraction of sp³-hybridized carbons (Fsp3) is 0.261. The number of carbonyl (C=O) groups excluding carboxylic acids is 2. The second kappa shape index (κ2) is 5.88. The van der Waals surface area contributed by atoms with Crippen molar-refractivity contribution < 1.29 is 14.5 Å². The van der Waals surface area contributed by atoms with Gasteiger partial charge in [0.15, 0.2) is 6.04 Å². The Hall–Kier alpha value is -3.23. The zero-order chi connectivity index (χ0) is 19.6. The number of nitriles is 1. The molecular weight excluding hydrogens is 350 g/mol. The first-order chi connectivity index (χ1) is 13.5. The van der Waals surface area contributed by atoms with Crippen LogP contribution in [0, 0.1) is 37.0 Å². The summed E-state index contributed by atoms with van der Waals surface area (Å²) in [4.78, 5) is 29.1. The van der Waals surface area contributed by atoms with Crippen LogP contribution in [0.15, 0.2) is 48.7 Å². The number of hydrogen-bond donors (Lipinski definition) is 1. The lowest BCUT2D eigenvalue weighted by Gasteiger charge is -2.29. The van der Waals surface area contributed by atoms with Gasteiger partial charge in [-0.25, -0.2) is 4.90 Å². The third-order valence-corrected chi connectivity index (χ3v) is 6.22. The van der Waals surface area contributed by atoms with Crippen molar-refractivity contribution in [1.82, 2.24) is 0 Å². The summed E-state index contributed by atoms with van der Waals surface area (Å²) in [6.45, 7) is 3.91. The van der Waals surface area contributed by atoms with E-state index in [1.807, 2.05) is 68.6 Å². The number of fused-ring (bicyclic) bond motifs is 5. The Labute approximate surface area is 163 Å². The number of anilines is 1.